The zero-order valence-electron chi connectivity index (χ0n) is 15.5. The van der Waals surface area contributed by atoms with Gasteiger partial charge in [-0.1, -0.05) is 30.3 Å². The van der Waals surface area contributed by atoms with Gasteiger partial charge in [-0.05, 0) is 24.5 Å². The highest BCUT2D eigenvalue weighted by molar-refractivity contribution is 5.63. The second-order valence-corrected chi connectivity index (χ2v) is 6.82. The quantitative estimate of drug-likeness (QED) is 0.536. The number of nitrogens with zero attached hydrogens (tertiary/aromatic N) is 4. The second-order valence-electron chi connectivity index (χ2n) is 6.82. The number of nitro groups is 1. The predicted molar refractivity (Wildman–Crippen MR) is 105 cm³/mol. The van der Waals surface area contributed by atoms with Gasteiger partial charge in [0, 0.05) is 25.7 Å². The minimum Gasteiger partial charge on any atom is -0.462 e. The van der Waals surface area contributed by atoms with E-state index in [0.717, 1.165) is 31.5 Å². The van der Waals surface area contributed by atoms with Gasteiger partial charge in [0.15, 0.2) is 5.76 Å². The lowest BCUT2D eigenvalue weighted by Crippen LogP contribution is -2.28. The molecule has 0 N–H and O–H groups in total. The lowest BCUT2D eigenvalue weighted by atomic mass is 10.2. The van der Waals surface area contributed by atoms with E-state index in [1.807, 2.05) is 40.1 Å². The SMILES string of the molecule is O=[N+]([O-])c1ccc(N(CC2=COCO2)Cc2ccccc2)nc1N1CCCC1. The number of pyridine rings is 1. The van der Waals surface area contributed by atoms with Crippen LogP contribution in [-0.2, 0) is 16.0 Å². The van der Waals surface area contributed by atoms with Crippen LogP contribution in [0.15, 0.2) is 54.5 Å². The number of ether oxygens (including phenoxy) is 2. The summed E-state index contributed by atoms with van der Waals surface area (Å²) in [5.74, 6) is 1.82. The summed E-state index contributed by atoms with van der Waals surface area (Å²) in [7, 11) is 0. The molecule has 2 aliphatic rings. The van der Waals surface area contributed by atoms with E-state index in [2.05, 4.69) is 0 Å². The standard InChI is InChI=1S/C20H22N4O4/c25-24(26)18-8-9-19(21-20(18)22-10-4-5-11-22)23(13-17-14-27-15-28-17)12-16-6-2-1-3-7-16/h1-3,6-9,14H,4-5,10-13,15H2. The summed E-state index contributed by atoms with van der Waals surface area (Å²) >= 11 is 0. The van der Waals surface area contributed by atoms with E-state index in [-0.39, 0.29) is 17.4 Å². The van der Waals surface area contributed by atoms with E-state index in [1.54, 1.807) is 18.4 Å². The van der Waals surface area contributed by atoms with Crippen LogP contribution < -0.4 is 9.80 Å². The molecule has 0 aliphatic carbocycles. The van der Waals surface area contributed by atoms with E-state index >= 15 is 0 Å². The van der Waals surface area contributed by atoms with Gasteiger partial charge in [0.1, 0.15) is 12.1 Å². The highest BCUT2D eigenvalue weighted by Crippen LogP contribution is 2.32. The molecule has 0 saturated carbocycles. The van der Waals surface area contributed by atoms with Gasteiger partial charge in [0.25, 0.3) is 0 Å². The van der Waals surface area contributed by atoms with Crippen molar-refractivity contribution < 1.29 is 14.4 Å². The highest BCUT2D eigenvalue weighted by Gasteiger charge is 2.26. The summed E-state index contributed by atoms with van der Waals surface area (Å²) in [4.78, 5) is 19.9. The van der Waals surface area contributed by atoms with Gasteiger partial charge in [0.05, 0.1) is 11.5 Å². The second kappa shape index (κ2) is 8.16. The van der Waals surface area contributed by atoms with Crippen LogP contribution in [0.3, 0.4) is 0 Å². The highest BCUT2D eigenvalue weighted by atomic mass is 16.7. The van der Waals surface area contributed by atoms with E-state index in [4.69, 9.17) is 14.5 Å². The number of hydrogen-bond donors (Lipinski definition) is 0. The third-order valence-corrected chi connectivity index (χ3v) is 4.86. The van der Waals surface area contributed by atoms with Gasteiger partial charge in [-0.15, -0.1) is 0 Å². The van der Waals surface area contributed by atoms with Crippen LogP contribution in [0.4, 0.5) is 17.3 Å². The molecule has 4 rings (SSSR count). The lowest BCUT2D eigenvalue weighted by Gasteiger charge is -2.25. The molecule has 0 spiro atoms. The van der Waals surface area contributed by atoms with Gasteiger partial charge in [-0.25, -0.2) is 4.98 Å². The predicted octanol–water partition coefficient (Wildman–Crippen LogP) is 3.44. The number of benzene rings is 1. The van der Waals surface area contributed by atoms with Crippen LogP contribution in [0.25, 0.3) is 0 Å². The van der Waals surface area contributed by atoms with Gasteiger partial charge in [0.2, 0.25) is 12.6 Å². The monoisotopic (exact) mass is 382 g/mol. The Hall–Kier alpha value is -3.29. The van der Waals surface area contributed by atoms with Crippen LogP contribution in [0.5, 0.6) is 0 Å². The molecule has 0 radical (unpaired) electrons. The van der Waals surface area contributed by atoms with Crippen molar-refractivity contribution in [3.8, 4) is 0 Å². The molecule has 1 saturated heterocycles. The van der Waals surface area contributed by atoms with Gasteiger partial charge < -0.3 is 19.3 Å². The molecule has 28 heavy (non-hydrogen) atoms. The molecule has 0 atom stereocenters. The summed E-state index contributed by atoms with van der Waals surface area (Å²) < 4.78 is 10.7. The van der Waals surface area contributed by atoms with E-state index in [0.29, 0.717) is 30.5 Å². The molecule has 3 heterocycles. The maximum absolute atomic E-state index is 11.5. The van der Waals surface area contributed by atoms with Crippen molar-refractivity contribution in [2.45, 2.75) is 19.4 Å². The Morgan fingerprint density at radius 3 is 2.57 bits per heavy atom. The number of anilines is 2. The normalized spacial score (nSPS) is 15.7. The van der Waals surface area contributed by atoms with Crippen LogP contribution in [-0.4, -0.2) is 36.3 Å². The van der Waals surface area contributed by atoms with Crippen LogP contribution in [0.2, 0.25) is 0 Å². The molecule has 2 aromatic rings. The number of aromatic nitrogens is 1. The maximum atomic E-state index is 11.5. The van der Waals surface area contributed by atoms with Gasteiger partial charge >= 0.3 is 5.69 Å². The Morgan fingerprint density at radius 2 is 1.89 bits per heavy atom. The summed E-state index contributed by atoms with van der Waals surface area (Å²) in [6, 6.07) is 13.3. The molecule has 2 aliphatic heterocycles. The Morgan fingerprint density at radius 1 is 1.11 bits per heavy atom. The molecule has 1 aromatic heterocycles. The first kappa shape index (κ1) is 18.1. The van der Waals surface area contributed by atoms with Crippen molar-refractivity contribution in [1.29, 1.82) is 0 Å². The van der Waals surface area contributed by atoms with Crippen molar-refractivity contribution in [2.24, 2.45) is 0 Å². The molecule has 0 bridgehead atoms. The molecule has 0 unspecified atom stereocenters. The molecule has 146 valence electrons. The zero-order chi connectivity index (χ0) is 19.3. The van der Waals surface area contributed by atoms with Crippen LogP contribution >= 0.6 is 0 Å². The lowest BCUT2D eigenvalue weighted by molar-refractivity contribution is -0.384. The minimum absolute atomic E-state index is 0.0463. The fraction of sp³-hybridized carbons (Fsp3) is 0.350. The molecule has 8 nitrogen and oxygen atoms in total. The molecule has 0 amide bonds. The number of hydrogen-bond acceptors (Lipinski definition) is 7. The first-order chi connectivity index (χ1) is 13.7. The first-order valence-corrected chi connectivity index (χ1v) is 9.33. The van der Waals surface area contributed by atoms with Crippen LogP contribution in [0.1, 0.15) is 18.4 Å². The maximum Gasteiger partial charge on any atom is 0.311 e. The average molecular weight is 382 g/mol. The first-order valence-electron chi connectivity index (χ1n) is 9.33. The Kier molecular flexibility index (Phi) is 5.27. The molecular formula is C20H22N4O4. The van der Waals surface area contributed by atoms with Crippen molar-refractivity contribution in [2.75, 3.05) is 36.2 Å². The Balaban J connectivity index is 1.67. The van der Waals surface area contributed by atoms with E-state index in [1.165, 1.54) is 0 Å². The van der Waals surface area contributed by atoms with Crippen LogP contribution in [0, 0.1) is 10.1 Å². The summed E-state index contributed by atoms with van der Waals surface area (Å²) in [5, 5.41) is 11.5. The average Bonchev–Trinajstić information content (AvgIpc) is 3.42. The topological polar surface area (TPSA) is 81.0 Å². The van der Waals surface area contributed by atoms with Crippen molar-refractivity contribution in [3.05, 3.63) is 70.2 Å². The van der Waals surface area contributed by atoms with Gasteiger partial charge in [-0.2, -0.15) is 0 Å². The largest absolute Gasteiger partial charge is 0.462 e. The molecule has 8 heteroatoms. The van der Waals surface area contributed by atoms with Crippen molar-refractivity contribution in [3.63, 3.8) is 0 Å². The van der Waals surface area contributed by atoms with E-state index < -0.39 is 0 Å². The molecular weight excluding hydrogens is 360 g/mol. The minimum atomic E-state index is -0.359. The molecule has 1 aromatic carbocycles. The van der Waals surface area contributed by atoms with Crippen molar-refractivity contribution >= 4 is 17.3 Å². The van der Waals surface area contributed by atoms with E-state index in [9.17, 15) is 10.1 Å². The number of rotatable bonds is 7. The molecule has 1 fully saturated rings. The fourth-order valence-electron chi connectivity index (χ4n) is 3.47. The zero-order valence-corrected chi connectivity index (χ0v) is 15.5. The summed E-state index contributed by atoms with van der Waals surface area (Å²) in [6.45, 7) is 2.86. The van der Waals surface area contributed by atoms with Gasteiger partial charge in [-0.3, -0.25) is 10.1 Å². The summed E-state index contributed by atoms with van der Waals surface area (Å²) in [5.41, 5.74) is 1.16. The summed E-state index contributed by atoms with van der Waals surface area (Å²) in [6.07, 6.45) is 3.65. The smallest absolute Gasteiger partial charge is 0.311 e. The fourth-order valence-corrected chi connectivity index (χ4v) is 3.47. The Labute approximate surface area is 163 Å². The Bertz CT molecular complexity index is 866. The third-order valence-electron chi connectivity index (χ3n) is 4.86. The van der Waals surface area contributed by atoms with Crippen molar-refractivity contribution in [1.82, 2.24) is 4.98 Å². The third kappa shape index (κ3) is 4.00.